The van der Waals surface area contributed by atoms with Crippen molar-refractivity contribution < 1.29 is 0 Å². The molecular formula is C8H10N2O2. The summed E-state index contributed by atoms with van der Waals surface area (Å²) in [7, 11) is 0. The Morgan fingerprint density at radius 3 is 2.58 bits per heavy atom. The van der Waals surface area contributed by atoms with Crippen LogP contribution in [0.1, 0.15) is 24.4 Å². The first-order chi connectivity index (χ1) is 5.72. The van der Waals surface area contributed by atoms with E-state index in [0.29, 0.717) is 5.56 Å². The van der Waals surface area contributed by atoms with Gasteiger partial charge in [0.15, 0.2) is 0 Å². The lowest BCUT2D eigenvalue weighted by Crippen LogP contribution is -2.41. The van der Waals surface area contributed by atoms with Gasteiger partial charge >= 0.3 is 0 Å². The zero-order valence-electron chi connectivity index (χ0n) is 6.59. The molecule has 12 heavy (non-hydrogen) atoms. The lowest BCUT2D eigenvalue weighted by atomic mass is 9.98. The lowest BCUT2D eigenvalue weighted by molar-refractivity contribution is 0.639. The predicted octanol–water partition coefficient (Wildman–Crippen LogP) is -0.711. The van der Waals surface area contributed by atoms with E-state index in [1.807, 2.05) is 0 Å². The Balaban J connectivity index is 2.35. The van der Waals surface area contributed by atoms with E-state index < -0.39 is 10.9 Å². The van der Waals surface area contributed by atoms with Crippen LogP contribution in [0.4, 0.5) is 5.69 Å². The third kappa shape index (κ3) is 0.814. The molecule has 1 heterocycles. The summed E-state index contributed by atoms with van der Waals surface area (Å²) in [5.74, 6) is 0. The van der Waals surface area contributed by atoms with Crippen LogP contribution in [-0.4, -0.2) is 6.54 Å². The van der Waals surface area contributed by atoms with Crippen LogP contribution in [-0.2, 0) is 0 Å². The monoisotopic (exact) mass is 166 g/mol. The van der Waals surface area contributed by atoms with Gasteiger partial charge in [0.2, 0.25) is 10.9 Å². The standard InChI is InChI=1S/C8H10N2O2/c9-6-5(7(11)8(6)12)4-2-1-3-10-4/h4,10H,1-3,9H2. The van der Waals surface area contributed by atoms with Gasteiger partial charge < -0.3 is 11.1 Å². The van der Waals surface area contributed by atoms with E-state index >= 15 is 0 Å². The third-order valence-electron chi connectivity index (χ3n) is 2.39. The van der Waals surface area contributed by atoms with Crippen molar-refractivity contribution >= 4 is 5.69 Å². The van der Waals surface area contributed by atoms with Gasteiger partial charge in [0, 0.05) is 11.6 Å². The van der Waals surface area contributed by atoms with Gasteiger partial charge in [-0.15, -0.1) is 0 Å². The van der Waals surface area contributed by atoms with Gasteiger partial charge in [-0.3, -0.25) is 9.59 Å². The van der Waals surface area contributed by atoms with E-state index in [4.69, 9.17) is 5.73 Å². The molecule has 4 heteroatoms. The molecule has 0 aliphatic carbocycles. The highest BCUT2D eigenvalue weighted by Crippen LogP contribution is 2.23. The molecule has 1 aromatic rings. The maximum Gasteiger partial charge on any atom is 0.249 e. The summed E-state index contributed by atoms with van der Waals surface area (Å²) in [6.07, 6.45) is 1.96. The minimum atomic E-state index is -0.515. The second-order valence-corrected chi connectivity index (χ2v) is 3.13. The highest BCUT2D eigenvalue weighted by atomic mass is 16.2. The van der Waals surface area contributed by atoms with Gasteiger partial charge in [0.25, 0.3) is 0 Å². The molecule has 1 atom stereocenters. The summed E-state index contributed by atoms with van der Waals surface area (Å²) in [6.45, 7) is 0.906. The molecule has 64 valence electrons. The first-order valence-corrected chi connectivity index (χ1v) is 4.04. The molecule has 0 saturated carbocycles. The van der Waals surface area contributed by atoms with Gasteiger partial charge in [-0.05, 0) is 19.4 Å². The van der Waals surface area contributed by atoms with E-state index in [1.54, 1.807) is 0 Å². The molecule has 0 aromatic heterocycles. The molecule has 1 aliphatic rings. The summed E-state index contributed by atoms with van der Waals surface area (Å²) in [5, 5.41) is 3.13. The molecule has 0 bridgehead atoms. The van der Waals surface area contributed by atoms with Crippen LogP contribution in [0.15, 0.2) is 9.59 Å². The van der Waals surface area contributed by atoms with Crippen molar-refractivity contribution in [2.45, 2.75) is 18.9 Å². The van der Waals surface area contributed by atoms with Crippen molar-refractivity contribution in [1.82, 2.24) is 5.32 Å². The predicted molar refractivity (Wildman–Crippen MR) is 45.7 cm³/mol. The van der Waals surface area contributed by atoms with Crippen LogP contribution >= 0.6 is 0 Å². The number of hydrogen-bond acceptors (Lipinski definition) is 4. The Bertz CT molecular complexity index is 370. The normalized spacial score (nSPS) is 23.5. The Morgan fingerprint density at radius 1 is 1.33 bits per heavy atom. The maximum atomic E-state index is 11.0. The summed E-state index contributed by atoms with van der Waals surface area (Å²) in [6, 6.07) is 0.0372. The number of nitrogens with one attached hydrogen (secondary N) is 1. The van der Waals surface area contributed by atoms with Crippen LogP contribution in [0, 0.1) is 0 Å². The van der Waals surface area contributed by atoms with Crippen LogP contribution in [0.3, 0.4) is 0 Å². The number of anilines is 1. The number of hydrogen-bond donors (Lipinski definition) is 2. The summed E-state index contributed by atoms with van der Waals surface area (Å²) >= 11 is 0. The molecule has 1 unspecified atom stereocenters. The van der Waals surface area contributed by atoms with E-state index in [-0.39, 0.29) is 11.7 Å². The Labute approximate surface area is 69.1 Å². The maximum absolute atomic E-state index is 11.0. The fourth-order valence-electron chi connectivity index (χ4n) is 1.70. The molecule has 1 aromatic carbocycles. The third-order valence-corrected chi connectivity index (χ3v) is 2.39. The average Bonchev–Trinajstić information content (AvgIpc) is 2.57. The summed E-state index contributed by atoms with van der Waals surface area (Å²) in [4.78, 5) is 21.8. The van der Waals surface area contributed by atoms with Crippen LogP contribution in [0.25, 0.3) is 0 Å². The van der Waals surface area contributed by atoms with Gasteiger partial charge in [-0.1, -0.05) is 0 Å². The molecular weight excluding hydrogens is 156 g/mol. The van der Waals surface area contributed by atoms with Gasteiger partial charge in [-0.25, -0.2) is 0 Å². The minimum absolute atomic E-state index is 0.0372. The summed E-state index contributed by atoms with van der Waals surface area (Å²) in [5.41, 5.74) is 5.17. The van der Waals surface area contributed by atoms with Gasteiger partial charge in [0.1, 0.15) is 0 Å². The van der Waals surface area contributed by atoms with Crippen molar-refractivity contribution in [2.75, 3.05) is 12.3 Å². The van der Waals surface area contributed by atoms with Crippen LogP contribution in [0.2, 0.25) is 0 Å². The molecule has 3 N–H and O–H groups in total. The average molecular weight is 166 g/mol. The quantitative estimate of drug-likeness (QED) is 0.540. The smallest absolute Gasteiger partial charge is 0.249 e. The Kier molecular flexibility index (Phi) is 1.51. The molecule has 4 nitrogen and oxygen atoms in total. The molecule has 0 spiro atoms. The molecule has 0 radical (unpaired) electrons. The van der Waals surface area contributed by atoms with Gasteiger partial charge in [-0.2, -0.15) is 0 Å². The SMILES string of the molecule is Nc1c(C2CCCN2)c(=O)c1=O. The van der Waals surface area contributed by atoms with E-state index in [9.17, 15) is 9.59 Å². The van der Waals surface area contributed by atoms with Crippen molar-refractivity contribution in [3.05, 3.63) is 26.0 Å². The molecule has 2 rings (SSSR count). The fourth-order valence-corrected chi connectivity index (χ4v) is 1.70. The highest BCUT2D eigenvalue weighted by Gasteiger charge is 2.27. The zero-order chi connectivity index (χ0) is 8.72. The van der Waals surface area contributed by atoms with E-state index in [0.717, 1.165) is 19.4 Å². The first-order valence-electron chi connectivity index (χ1n) is 4.04. The second kappa shape index (κ2) is 2.42. The molecule has 1 saturated heterocycles. The van der Waals surface area contributed by atoms with Crippen LogP contribution in [0.5, 0.6) is 0 Å². The molecule has 1 fully saturated rings. The minimum Gasteiger partial charge on any atom is -0.395 e. The Morgan fingerprint density at radius 2 is 2.08 bits per heavy atom. The van der Waals surface area contributed by atoms with Gasteiger partial charge in [0.05, 0.1) is 5.69 Å². The van der Waals surface area contributed by atoms with Crippen molar-refractivity contribution in [3.8, 4) is 0 Å². The van der Waals surface area contributed by atoms with Crippen molar-refractivity contribution in [1.29, 1.82) is 0 Å². The Hall–Kier alpha value is -1.16. The van der Waals surface area contributed by atoms with E-state index in [2.05, 4.69) is 5.32 Å². The van der Waals surface area contributed by atoms with Crippen molar-refractivity contribution in [2.24, 2.45) is 0 Å². The topological polar surface area (TPSA) is 72.2 Å². The summed E-state index contributed by atoms with van der Waals surface area (Å²) < 4.78 is 0. The second-order valence-electron chi connectivity index (χ2n) is 3.13. The number of rotatable bonds is 1. The van der Waals surface area contributed by atoms with E-state index in [1.165, 1.54) is 0 Å². The largest absolute Gasteiger partial charge is 0.395 e. The fraction of sp³-hybridized carbons (Fsp3) is 0.500. The first kappa shape index (κ1) is 7.49. The zero-order valence-corrected chi connectivity index (χ0v) is 6.59. The lowest BCUT2D eigenvalue weighted by Gasteiger charge is -2.13. The van der Waals surface area contributed by atoms with Crippen LogP contribution < -0.4 is 21.9 Å². The number of nitrogen functional groups attached to an aromatic ring is 1. The molecule has 0 amide bonds. The van der Waals surface area contributed by atoms with Crippen molar-refractivity contribution in [3.63, 3.8) is 0 Å². The number of nitrogens with two attached hydrogens (primary N) is 1. The highest BCUT2D eigenvalue weighted by molar-refractivity contribution is 5.54. The molecule has 1 aliphatic heterocycles.